The predicted octanol–water partition coefficient (Wildman–Crippen LogP) is 4.39. The van der Waals surface area contributed by atoms with E-state index in [0.717, 1.165) is 56.8 Å². The number of hydrogen-bond donors (Lipinski definition) is 1. The first-order chi connectivity index (χ1) is 14.8. The first-order valence-electron chi connectivity index (χ1n) is 9.71. The van der Waals surface area contributed by atoms with E-state index in [9.17, 15) is 26.3 Å². The summed E-state index contributed by atoms with van der Waals surface area (Å²) in [6.45, 7) is 5.48. The predicted molar refractivity (Wildman–Crippen MR) is 102 cm³/mol. The molecule has 2 heterocycles. The number of aliphatic carboxylic acids is 1. The van der Waals surface area contributed by atoms with Crippen LogP contribution in [0.2, 0.25) is 0 Å². The van der Waals surface area contributed by atoms with Crippen LogP contribution in [0.15, 0.2) is 36.5 Å². The first-order valence-corrected chi connectivity index (χ1v) is 9.71. The Morgan fingerprint density at radius 3 is 2.25 bits per heavy atom. The van der Waals surface area contributed by atoms with Crippen LogP contribution in [0.5, 0.6) is 5.75 Å². The summed E-state index contributed by atoms with van der Waals surface area (Å²) in [6, 6.07) is 7.09. The molecule has 1 aromatic carbocycles. The number of rotatable bonds is 5. The molecule has 0 saturated carbocycles. The van der Waals surface area contributed by atoms with Crippen LogP contribution in [0.3, 0.4) is 0 Å². The van der Waals surface area contributed by atoms with Crippen molar-refractivity contribution in [3.05, 3.63) is 47.8 Å². The number of carboxylic acids is 1. The van der Waals surface area contributed by atoms with Gasteiger partial charge >= 0.3 is 18.3 Å². The molecule has 32 heavy (non-hydrogen) atoms. The summed E-state index contributed by atoms with van der Waals surface area (Å²) < 4.78 is 77.7. The second kappa shape index (κ2) is 10.7. The zero-order valence-corrected chi connectivity index (χ0v) is 17.2. The van der Waals surface area contributed by atoms with Gasteiger partial charge in [0.1, 0.15) is 11.9 Å². The smallest absolute Gasteiger partial charge is 0.490 e. The summed E-state index contributed by atoms with van der Waals surface area (Å²) in [5.74, 6) is -2.47. The second-order valence-electron chi connectivity index (χ2n) is 7.21. The fourth-order valence-corrected chi connectivity index (χ4v) is 3.02. The lowest BCUT2D eigenvalue weighted by Crippen LogP contribution is -2.39. The molecule has 3 rings (SSSR count). The fraction of sp³-hybridized carbons (Fsp3) is 0.500. The number of nitrogens with zero attached hydrogens (tertiary/aromatic N) is 3. The summed E-state index contributed by atoms with van der Waals surface area (Å²) in [5.41, 5.74) is 0.338. The Balaban J connectivity index is 0.000000451. The maximum absolute atomic E-state index is 12.8. The standard InChI is InChI=1S/C18H22F3N3O.C2HF3O2/c1-14-5-10-24(22-14)12-11-23-8-6-16(7-9-23)25-17-4-2-3-15(13-17)18(19,20)21;3-2(4,5)1(6)7/h2-5,10,13,16H,6-9,11-12H2,1H3;(H,6,7). The van der Waals surface area contributed by atoms with Crippen molar-refractivity contribution in [2.24, 2.45) is 0 Å². The third-order valence-corrected chi connectivity index (χ3v) is 4.66. The van der Waals surface area contributed by atoms with Crippen LogP contribution >= 0.6 is 0 Å². The Morgan fingerprint density at radius 1 is 1.12 bits per heavy atom. The first kappa shape index (κ1) is 25.5. The average molecular weight is 467 g/mol. The van der Waals surface area contributed by atoms with E-state index in [-0.39, 0.29) is 6.10 Å². The van der Waals surface area contributed by atoms with Gasteiger partial charge in [0.2, 0.25) is 0 Å². The molecule has 0 amide bonds. The maximum Gasteiger partial charge on any atom is 0.490 e. The quantitative estimate of drug-likeness (QED) is 0.661. The minimum Gasteiger partial charge on any atom is -0.490 e. The summed E-state index contributed by atoms with van der Waals surface area (Å²) in [7, 11) is 0. The zero-order chi connectivity index (χ0) is 23.9. The molecule has 1 aliphatic rings. The van der Waals surface area contributed by atoms with Crippen molar-refractivity contribution < 1.29 is 41.0 Å². The molecular weight excluding hydrogens is 444 g/mol. The fourth-order valence-electron chi connectivity index (χ4n) is 3.02. The van der Waals surface area contributed by atoms with Gasteiger partial charge in [0.15, 0.2) is 0 Å². The molecule has 1 saturated heterocycles. The van der Waals surface area contributed by atoms with Crippen molar-refractivity contribution in [1.29, 1.82) is 0 Å². The summed E-state index contributed by atoms with van der Waals surface area (Å²) in [6.07, 6.45) is -5.86. The number of aryl methyl sites for hydroxylation is 1. The van der Waals surface area contributed by atoms with Gasteiger partial charge in [-0.15, -0.1) is 0 Å². The number of hydrogen-bond acceptors (Lipinski definition) is 4. The van der Waals surface area contributed by atoms with E-state index in [4.69, 9.17) is 14.6 Å². The van der Waals surface area contributed by atoms with Crippen LogP contribution in [-0.4, -0.2) is 57.7 Å². The second-order valence-corrected chi connectivity index (χ2v) is 7.21. The molecule has 1 aliphatic heterocycles. The molecule has 0 aliphatic carbocycles. The highest BCUT2D eigenvalue weighted by Gasteiger charge is 2.38. The number of alkyl halides is 6. The molecule has 0 bridgehead atoms. The Bertz CT molecular complexity index is 874. The van der Waals surface area contributed by atoms with E-state index in [1.54, 1.807) is 6.07 Å². The van der Waals surface area contributed by atoms with Gasteiger partial charge in [-0.2, -0.15) is 31.4 Å². The number of benzene rings is 1. The molecule has 1 aromatic heterocycles. The Morgan fingerprint density at radius 2 is 1.75 bits per heavy atom. The van der Waals surface area contributed by atoms with Gasteiger partial charge in [0.05, 0.1) is 17.8 Å². The average Bonchev–Trinajstić information content (AvgIpc) is 3.12. The van der Waals surface area contributed by atoms with Gasteiger partial charge in [0, 0.05) is 25.8 Å². The van der Waals surface area contributed by atoms with E-state index in [2.05, 4.69) is 10.00 Å². The lowest BCUT2D eigenvalue weighted by molar-refractivity contribution is -0.192. The zero-order valence-electron chi connectivity index (χ0n) is 17.2. The van der Waals surface area contributed by atoms with E-state index in [1.807, 2.05) is 23.9 Å². The third kappa shape index (κ3) is 8.40. The van der Waals surface area contributed by atoms with E-state index in [0.29, 0.717) is 5.75 Å². The summed E-state index contributed by atoms with van der Waals surface area (Å²) >= 11 is 0. The van der Waals surface area contributed by atoms with Gasteiger partial charge < -0.3 is 14.7 Å². The Labute approximate surface area is 180 Å². The monoisotopic (exact) mass is 467 g/mol. The van der Waals surface area contributed by atoms with Crippen molar-refractivity contribution in [2.75, 3.05) is 19.6 Å². The third-order valence-electron chi connectivity index (χ3n) is 4.66. The molecule has 0 atom stereocenters. The van der Waals surface area contributed by atoms with Crippen molar-refractivity contribution in [3.8, 4) is 5.75 Å². The molecular formula is C20H23F6N3O3. The normalized spacial score (nSPS) is 15.7. The van der Waals surface area contributed by atoms with Crippen LogP contribution < -0.4 is 4.74 Å². The van der Waals surface area contributed by atoms with Gasteiger partial charge in [-0.3, -0.25) is 4.68 Å². The molecule has 2 aromatic rings. The van der Waals surface area contributed by atoms with Crippen molar-refractivity contribution in [3.63, 3.8) is 0 Å². The molecule has 0 radical (unpaired) electrons. The van der Waals surface area contributed by atoms with Gasteiger partial charge in [0.25, 0.3) is 0 Å². The number of carboxylic acid groups (broad SMARTS) is 1. The largest absolute Gasteiger partial charge is 0.490 e. The number of piperidine rings is 1. The van der Waals surface area contributed by atoms with E-state index in [1.165, 1.54) is 6.07 Å². The maximum atomic E-state index is 12.8. The summed E-state index contributed by atoms with van der Waals surface area (Å²) in [4.78, 5) is 11.2. The topological polar surface area (TPSA) is 67.6 Å². The van der Waals surface area contributed by atoms with Crippen molar-refractivity contribution >= 4 is 5.97 Å². The summed E-state index contributed by atoms with van der Waals surface area (Å²) in [5, 5.41) is 11.5. The van der Waals surface area contributed by atoms with E-state index < -0.39 is 23.9 Å². The Hall–Kier alpha value is -2.76. The van der Waals surface area contributed by atoms with Crippen LogP contribution in [0, 0.1) is 6.92 Å². The number of likely N-dealkylation sites (tertiary alicyclic amines) is 1. The van der Waals surface area contributed by atoms with E-state index >= 15 is 0 Å². The van der Waals surface area contributed by atoms with Gasteiger partial charge in [-0.25, -0.2) is 4.79 Å². The molecule has 0 spiro atoms. The molecule has 178 valence electrons. The number of ether oxygens (including phenoxy) is 1. The minimum absolute atomic E-state index is 0.0355. The van der Waals surface area contributed by atoms with Crippen molar-refractivity contribution in [1.82, 2.24) is 14.7 Å². The van der Waals surface area contributed by atoms with Crippen molar-refractivity contribution in [2.45, 2.75) is 44.8 Å². The van der Waals surface area contributed by atoms with Gasteiger partial charge in [-0.05, 0) is 44.0 Å². The van der Waals surface area contributed by atoms with Crippen LogP contribution in [0.4, 0.5) is 26.3 Å². The van der Waals surface area contributed by atoms with Gasteiger partial charge in [-0.1, -0.05) is 6.07 Å². The molecule has 1 fully saturated rings. The SMILES string of the molecule is Cc1ccn(CCN2CCC(Oc3cccc(C(F)(F)F)c3)CC2)n1.O=C(O)C(F)(F)F. The number of carbonyl (C=O) groups is 1. The molecule has 6 nitrogen and oxygen atoms in total. The minimum atomic E-state index is -5.08. The van der Waals surface area contributed by atoms with Crippen LogP contribution in [0.1, 0.15) is 24.1 Å². The lowest BCUT2D eigenvalue weighted by Gasteiger charge is -2.32. The Kier molecular flexibility index (Phi) is 8.53. The van der Waals surface area contributed by atoms with Crippen LogP contribution in [-0.2, 0) is 17.5 Å². The number of halogens is 6. The molecule has 0 unspecified atom stereocenters. The van der Waals surface area contributed by atoms with Crippen LogP contribution in [0.25, 0.3) is 0 Å². The molecule has 1 N–H and O–H groups in total. The lowest BCUT2D eigenvalue weighted by atomic mass is 10.1. The highest BCUT2D eigenvalue weighted by Crippen LogP contribution is 2.32. The molecule has 12 heteroatoms. The highest BCUT2D eigenvalue weighted by atomic mass is 19.4. The highest BCUT2D eigenvalue weighted by molar-refractivity contribution is 5.73. The number of aromatic nitrogens is 2.